The van der Waals surface area contributed by atoms with Crippen molar-refractivity contribution in [2.24, 2.45) is 5.92 Å². The van der Waals surface area contributed by atoms with Crippen molar-refractivity contribution in [1.29, 1.82) is 0 Å². The Morgan fingerprint density at radius 1 is 1.38 bits per heavy atom. The molecule has 1 atom stereocenters. The second-order valence-corrected chi connectivity index (χ2v) is 3.89. The molecule has 2 fully saturated rings. The third kappa shape index (κ3) is 1.66. The van der Waals surface area contributed by atoms with Gasteiger partial charge in [0, 0.05) is 20.0 Å². The van der Waals surface area contributed by atoms with Crippen LogP contribution < -0.4 is 5.32 Å². The summed E-state index contributed by atoms with van der Waals surface area (Å²) in [5.41, 5.74) is 0. The van der Waals surface area contributed by atoms with Crippen LogP contribution in [0.2, 0.25) is 0 Å². The third-order valence-electron chi connectivity index (χ3n) is 2.73. The van der Waals surface area contributed by atoms with Gasteiger partial charge in [0.25, 0.3) is 0 Å². The van der Waals surface area contributed by atoms with Gasteiger partial charge in [-0.1, -0.05) is 0 Å². The number of likely N-dealkylation sites (N-methyl/N-ethyl adjacent to an activating group) is 1. The molecule has 1 N–H and O–H groups in total. The second-order valence-electron chi connectivity index (χ2n) is 3.89. The van der Waals surface area contributed by atoms with E-state index in [0.29, 0.717) is 18.9 Å². The fourth-order valence-electron chi connectivity index (χ4n) is 1.67. The first kappa shape index (κ1) is 8.53. The predicted molar refractivity (Wildman–Crippen MR) is 46.9 cm³/mol. The highest BCUT2D eigenvalue weighted by Gasteiger charge is 2.39. The summed E-state index contributed by atoms with van der Waals surface area (Å²) in [7, 11) is 1.76. The van der Waals surface area contributed by atoms with E-state index < -0.39 is 0 Å². The molecule has 1 aliphatic heterocycles. The molecule has 1 heterocycles. The van der Waals surface area contributed by atoms with Crippen molar-refractivity contribution >= 4 is 11.8 Å². The van der Waals surface area contributed by atoms with Crippen molar-refractivity contribution in [3.8, 4) is 0 Å². The van der Waals surface area contributed by atoms with Crippen LogP contribution >= 0.6 is 0 Å². The molecule has 1 saturated carbocycles. The summed E-state index contributed by atoms with van der Waals surface area (Å²) < 4.78 is 0. The van der Waals surface area contributed by atoms with Gasteiger partial charge < -0.3 is 10.2 Å². The van der Waals surface area contributed by atoms with Gasteiger partial charge in [0.05, 0.1) is 0 Å². The van der Waals surface area contributed by atoms with E-state index in [1.54, 1.807) is 11.9 Å². The van der Waals surface area contributed by atoms with E-state index in [1.807, 2.05) is 0 Å². The van der Waals surface area contributed by atoms with Crippen LogP contribution in [0, 0.1) is 5.92 Å². The quantitative estimate of drug-likeness (QED) is 0.607. The summed E-state index contributed by atoms with van der Waals surface area (Å²) >= 11 is 0. The Morgan fingerprint density at radius 2 is 2.08 bits per heavy atom. The second kappa shape index (κ2) is 3.01. The van der Waals surface area contributed by atoms with E-state index in [1.165, 1.54) is 0 Å². The minimum Gasteiger partial charge on any atom is -0.344 e. The molecule has 4 heteroatoms. The lowest BCUT2D eigenvalue weighted by molar-refractivity contribution is -0.132. The van der Waals surface area contributed by atoms with Gasteiger partial charge in [-0.3, -0.25) is 9.59 Å². The molecule has 2 aliphatic rings. The van der Waals surface area contributed by atoms with Crippen molar-refractivity contribution in [2.45, 2.75) is 25.3 Å². The van der Waals surface area contributed by atoms with Gasteiger partial charge in [-0.05, 0) is 18.8 Å². The van der Waals surface area contributed by atoms with Crippen molar-refractivity contribution in [2.75, 3.05) is 13.6 Å². The van der Waals surface area contributed by atoms with Crippen LogP contribution in [-0.2, 0) is 9.59 Å². The molecule has 72 valence electrons. The van der Waals surface area contributed by atoms with Crippen LogP contribution in [0.4, 0.5) is 0 Å². The van der Waals surface area contributed by atoms with Gasteiger partial charge in [0.2, 0.25) is 11.8 Å². The van der Waals surface area contributed by atoms with Crippen LogP contribution in [-0.4, -0.2) is 36.3 Å². The van der Waals surface area contributed by atoms with Crippen LogP contribution in [0.25, 0.3) is 0 Å². The Bertz CT molecular complexity index is 248. The lowest BCUT2D eigenvalue weighted by Crippen LogP contribution is -2.44. The van der Waals surface area contributed by atoms with Gasteiger partial charge >= 0.3 is 0 Å². The van der Waals surface area contributed by atoms with E-state index in [2.05, 4.69) is 5.32 Å². The molecular weight excluding hydrogens is 168 g/mol. The predicted octanol–water partition coefficient (Wildman–Crippen LogP) is -0.257. The SMILES string of the molecule is CN1CCC(=O)NC(C2CC2)C1=O. The lowest BCUT2D eigenvalue weighted by atomic mass is 10.1. The summed E-state index contributed by atoms with van der Waals surface area (Å²) in [6.45, 7) is 0.549. The zero-order valence-corrected chi connectivity index (χ0v) is 7.75. The zero-order chi connectivity index (χ0) is 9.42. The van der Waals surface area contributed by atoms with Crippen LogP contribution in [0.5, 0.6) is 0 Å². The Labute approximate surface area is 77.3 Å². The van der Waals surface area contributed by atoms with Crippen molar-refractivity contribution < 1.29 is 9.59 Å². The minimum atomic E-state index is -0.236. The maximum Gasteiger partial charge on any atom is 0.245 e. The molecule has 0 radical (unpaired) electrons. The van der Waals surface area contributed by atoms with Crippen LogP contribution in [0.3, 0.4) is 0 Å². The number of nitrogens with zero attached hydrogens (tertiary/aromatic N) is 1. The average molecular weight is 182 g/mol. The Balaban J connectivity index is 2.11. The maximum absolute atomic E-state index is 11.7. The van der Waals surface area contributed by atoms with Gasteiger partial charge in [0.15, 0.2) is 0 Å². The molecule has 2 rings (SSSR count). The number of hydrogen-bond acceptors (Lipinski definition) is 2. The molecule has 0 aromatic heterocycles. The molecule has 2 amide bonds. The number of amides is 2. The van der Waals surface area contributed by atoms with Crippen molar-refractivity contribution in [3.63, 3.8) is 0 Å². The Kier molecular flexibility index (Phi) is 1.98. The van der Waals surface area contributed by atoms with E-state index in [-0.39, 0.29) is 17.9 Å². The van der Waals surface area contributed by atoms with E-state index >= 15 is 0 Å². The van der Waals surface area contributed by atoms with Gasteiger partial charge in [-0.15, -0.1) is 0 Å². The maximum atomic E-state index is 11.7. The summed E-state index contributed by atoms with van der Waals surface area (Å²) in [5.74, 6) is 0.486. The third-order valence-corrected chi connectivity index (χ3v) is 2.73. The minimum absolute atomic E-state index is 0.00889. The Hall–Kier alpha value is -1.06. The highest BCUT2D eigenvalue weighted by Crippen LogP contribution is 2.33. The standard InChI is InChI=1S/C9H14N2O2/c1-11-5-4-7(12)10-8(9(11)13)6-2-3-6/h6,8H,2-5H2,1H3,(H,10,12). The summed E-state index contributed by atoms with van der Waals surface area (Å²) in [5, 5.41) is 2.79. The average Bonchev–Trinajstić information content (AvgIpc) is 2.90. The molecule has 1 aliphatic carbocycles. The van der Waals surface area contributed by atoms with Gasteiger partial charge in [-0.2, -0.15) is 0 Å². The largest absolute Gasteiger partial charge is 0.344 e. The molecule has 0 aromatic carbocycles. The molecular formula is C9H14N2O2. The molecule has 0 bridgehead atoms. The fraction of sp³-hybridized carbons (Fsp3) is 0.778. The number of nitrogens with one attached hydrogen (secondary N) is 1. The van der Waals surface area contributed by atoms with Gasteiger partial charge in [0.1, 0.15) is 6.04 Å². The van der Waals surface area contributed by atoms with Gasteiger partial charge in [-0.25, -0.2) is 0 Å². The van der Waals surface area contributed by atoms with E-state index in [9.17, 15) is 9.59 Å². The van der Waals surface area contributed by atoms with Crippen molar-refractivity contribution in [3.05, 3.63) is 0 Å². The number of hydrogen-bond donors (Lipinski definition) is 1. The zero-order valence-electron chi connectivity index (χ0n) is 7.75. The molecule has 0 aromatic rings. The topological polar surface area (TPSA) is 49.4 Å². The number of carbonyl (C=O) groups excluding carboxylic acids is 2. The normalized spacial score (nSPS) is 29.9. The molecule has 1 saturated heterocycles. The van der Waals surface area contributed by atoms with Crippen LogP contribution in [0.15, 0.2) is 0 Å². The lowest BCUT2D eigenvalue weighted by Gasteiger charge is -2.19. The van der Waals surface area contributed by atoms with E-state index in [4.69, 9.17) is 0 Å². The Morgan fingerprint density at radius 3 is 2.69 bits per heavy atom. The highest BCUT2D eigenvalue weighted by atomic mass is 16.2. The molecule has 4 nitrogen and oxygen atoms in total. The number of rotatable bonds is 1. The smallest absolute Gasteiger partial charge is 0.245 e. The first-order chi connectivity index (χ1) is 6.18. The molecule has 1 unspecified atom stereocenters. The molecule has 13 heavy (non-hydrogen) atoms. The van der Waals surface area contributed by atoms with Crippen molar-refractivity contribution in [1.82, 2.24) is 10.2 Å². The first-order valence-corrected chi connectivity index (χ1v) is 4.73. The highest BCUT2D eigenvalue weighted by molar-refractivity contribution is 5.90. The monoisotopic (exact) mass is 182 g/mol. The summed E-state index contributed by atoms with van der Waals surface area (Å²) in [6, 6.07) is -0.236. The summed E-state index contributed by atoms with van der Waals surface area (Å²) in [6.07, 6.45) is 2.58. The van der Waals surface area contributed by atoms with Crippen LogP contribution in [0.1, 0.15) is 19.3 Å². The first-order valence-electron chi connectivity index (χ1n) is 4.73. The van der Waals surface area contributed by atoms with E-state index in [0.717, 1.165) is 12.8 Å². The summed E-state index contributed by atoms with van der Waals surface area (Å²) in [4.78, 5) is 24.6. The molecule has 0 spiro atoms. The number of carbonyl (C=O) groups is 2. The fourth-order valence-corrected chi connectivity index (χ4v) is 1.67.